The highest BCUT2D eigenvalue weighted by molar-refractivity contribution is 5.46. The van der Waals surface area contributed by atoms with Crippen LogP contribution in [0.5, 0.6) is 0 Å². The molecule has 0 bridgehead atoms. The second kappa shape index (κ2) is 5.41. The predicted octanol–water partition coefficient (Wildman–Crippen LogP) is 1.14. The van der Waals surface area contributed by atoms with E-state index in [9.17, 15) is 4.79 Å². The lowest BCUT2D eigenvalue weighted by atomic mass is 10.1. The van der Waals surface area contributed by atoms with Crippen molar-refractivity contribution in [2.24, 2.45) is 0 Å². The molecule has 120 valence electrons. The van der Waals surface area contributed by atoms with Gasteiger partial charge in [0, 0.05) is 6.20 Å². The molecule has 0 aliphatic carbocycles. The first-order valence-electron chi connectivity index (χ1n) is 7.53. The smallest absolute Gasteiger partial charge is 0.250 e. The summed E-state index contributed by atoms with van der Waals surface area (Å²) in [6, 6.07) is 11.4. The van der Waals surface area contributed by atoms with Crippen molar-refractivity contribution in [1.82, 2.24) is 34.4 Å². The van der Waals surface area contributed by atoms with Gasteiger partial charge in [-0.3, -0.25) is 4.40 Å². The van der Waals surface area contributed by atoms with Gasteiger partial charge in [-0.15, -0.1) is 10.2 Å². The molecule has 0 saturated heterocycles. The minimum atomic E-state index is -0.221. The maximum absolute atomic E-state index is 12.4. The van der Waals surface area contributed by atoms with E-state index in [1.54, 1.807) is 23.0 Å². The van der Waals surface area contributed by atoms with Crippen molar-refractivity contribution >= 4 is 5.65 Å². The van der Waals surface area contributed by atoms with Gasteiger partial charge in [0.25, 0.3) is 0 Å². The normalized spacial score (nSPS) is 11.2. The van der Waals surface area contributed by atoms with Crippen molar-refractivity contribution in [3.05, 3.63) is 70.0 Å². The number of fused-ring (bicyclic) bond motifs is 1. The van der Waals surface area contributed by atoms with Crippen molar-refractivity contribution in [3.63, 3.8) is 0 Å². The number of aryl methyl sites for hydroxylation is 2. The fourth-order valence-electron chi connectivity index (χ4n) is 2.82. The Kier molecular flexibility index (Phi) is 3.23. The Balaban J connectivity index is 1.81. The molecule has 0 spiro atoms. The molecule has 0 aliphatic rings. The first-order valence-corrected chi connectivity index (χ1v) is 7.53. The first-order chi connectivity index (χ1) is 11.6. The van der Waals surface area contributed by atoms with Crippen molar-refractivity contribution in [3.8, 4) is 5.69 Å². The second-order valence-electron chi connectivity index (χ2n) is 5.62. The number of hydrogen-bond donors (Lipinski definition) is 0. The Bertz CT molecular complexity index is 1070. The Morgan fingerprint density at radius 1 is 1.04 bits per heavy atom. The average molecular weight is 321 g/mol. The lowest BCUT2D eigenvalue weighted by Gasteiger charge is -2.10. The summed E-state index contributed by atoms with van der Waals surface area (Å²) < 4.78 is 4.53. The number of para-hydroxylation sites is 1. The SMILES string of the molecule is Cc1cccc(C)c1-n1nnnc1Cn1nc2ccccn2c1=O. The summed E-state index contributed by atoms with van der Waals surface area (Å²) in [7, 11) is 0. The number of pyridine rings is 1. The van der Waals surface area contributed by atoms with Gasteiger partial charge in [0.05, 0.1) is 5.69 Å². The maximum Gasteiger partial charge on any atom is 0.350 e. The first kappa shape index (κ1) is 14.3. The molecule has 0 aliphatic heterocycles. The Morgan fingerprint density at radius 3 is 2.58 bits per heavy atom. The zero-order chi connectivity index (χ0) is 16.7. The van der Waals surface area contributed by atoms with E-state index in [1.165, 1.54) is 9.08 Å². The summed E-state index contributed by atoms with van der Waals surface area (Å²) in [4.78, 5) is 12.4. The van der Waals surface area contributed by atoms with Gasteiger partial charge in [-0.05, 0) is 47.5 Å². The molecular formula is C16H15N7O. The van der Waals surface area contributed by atoms with Gasteiger partial charge in [0.2, 0.25) is 0 Å². The lowest BCUT2D eigenvalue weighted by molar-refractivity contribution is 0.613. The molecule has 3 heterocycles. The summed E-state index contributed by atoms with van der Waals surface area (Å²) in [5.74, 6) is 0.554. The monoisotopic (exact) mass is 321 g/mol. The van der Waals surface area contributed by atoms with Crippen molar-refractivity contribution in [2.75, 3.05) is 0 Å². The van der Waals surface area contributed by atoms with Crippen LogP contribution in [0.2, 0.25) is 0 Å². The van der Waals surface area contributed by atoms with E-state index in [2.05, 4.69) is 20.6 Å². The summed E-state index contributed by atoms with van der Waals surface area (Å²) in [6.07, 6.45) is 1.69. The number of nitrogens with zero attached hydrogens (tertiary/aromatic N) is 7. The summed E-state index contributed by atoms with van der Waals surface area (Å²) in [6.45, 7) is 4.21. The lowest BCUT2D eigenvalue weighted by Crippen LogP contribution is -2.23. The zero-order valence-electron chi connectivity index (χ0n) is 13.3. The van der Waals surface area contributed by atoms with Gasteiger partial charge in [-0.2, -0.15) is 4.68 Å². The summed E-state index contributed by atoms with van der Waals surface area (Å²) in [5.41, 5.74) is 3.42. The highest BCUT2D eigenvalue weighted by Gasteiger charge is 2.15. The Labute approximate surface area is 137 Å². The number of aromatic nitrogens is 7. The second-order valence-corrected chi connectivity index (χ2v) is 5.62. The fraction of sp³-hybridized carbons (Fsp3) is 0.188. The average Bonchev–Trinajstić information content (AvgIpc) is 3.14. The summed E-state index contributed by atoms with van der Waals surface area (Å²) >= 11 is 0. The van der Waals surface area contributed by atoms with Gasteiger partial charge >= 0.3 is 5.69 Å². The van der Waals surface area contributed by atoms with Crippen molar-refractivity contribution in [1.29, 1.82) is 0 Å². The Hall–Kier alpha value is -3.29. The van der Waals surface area contributed by atoms with Crippen LogP contribution < -0.4 is 5.69 Å². The van der Waals surface area contributed by atoms with Crippen LogP contribution in [0.25, 0.3) is 11.3 Å². The van der Waals surface area contributed by atoms with E-state index in [0.29, 0.717) is 11.5 Å². The topological polar surface area (TPSA) is 82.9 Å². The predicted molar refractivity (Wildman–Crippen MR) is 87.2 cm³/mol. The third-order valence-corrected chi connectivity index (χ3v) is 3.96. The van der Waals surface area contributed by atoms with Gasteiger partial charge in [-0.25, -0.2) is 9.48 Å². The number of tetrazole rings is 1. The van der Waals surface area contributed by atoms with Gasteiger partial charge in [0.1, 0.15) is 6.54 Å². The van der Waals surface area contributed by atoms with Crippen LogP contribution in [-0.4, -0.2) is 34.4 Å². The van der Waals surface area contributed by atoms with E-state index in [0.717, 1.165) is 16.8 Å². The van der Waals surface area contributed by atoms with Gasteiger partial charge in [0.15, 0.2) is 11.5 Å². The number of benzene rings is 1. The van der Waals surface area contributed by atoms with Crippen LogP contribution in [0.15, 0.2) is 47.4 Å². The number of hydrogen-bond acceptors (Lipinski definition) is 5. The molecule has 0 unspecified atom stereocenters. The molecule has 24 heavy (non-hydrogen) atoms. The van der Waals surface area contributed by atoms with Gasteiger partial charge < -0.3 is 0 Å². The molecular weight excluding hydrogens is 306 g/mol. The van der Waals surface area contributed by atoms with E-state index in [-0.39, 0.29) is 12.2 Å². The molecule has 4 aromatic rings. The molecule has 8 nitrogen and oxygen atoms in total. The molecule has 1 aromatic carbocycles. The van der Waals surface area contributed by atoms with E-state index in [4.69, 9.17) is 0 Å². The molecule has 0 atom stereocenters. The fourth-order valence-corrected chi connectivity index (χ4v) is 2.82. The Morgan fingerprint density at radius 2 is 1.83 bits per heavy atom. The minimum absolute atomic E-state index is 0.196. The van der Waals surface area contributed by atoms with Crippen LogP contribution in [0.4, 0.5) is 0 Å². The molecule has 3 aromatic heterocycles. The van der Waals surface area contributed by atoms with Crippen LogP contribution in [-0.2, 0) is 6.54 Å². The standard InChI is InChI=1S/C16H15N7O/c1-11-6-5-7-12(2)15(11)23-14(17-19-20-23)10-22-16(24)21-9-4-3-8-13(21)18-22/h3-9H,10H2,1-2H3. The maximum atomic E-state index is 12.4. The third kappa shape index (κ3) is 2.19. The molecule has 0 N–H and O–H groups in total. The minimum Gasteiger partial charge on any atom is -0.250 e. The van der Waals surface area contributed by atoms with Crippen LogP contribution in [0, 0.1) is 13.8 Å². The van der Waals surface area contributed by atoms with E-state index in [1.807, 2.05) is 38.1 Å². The molecule has 0 saturated carbocycles. The summed E-state index contributed by atoms with van der Waals surface area (Å²) in [5, 5.41) is 16.3. The molecule has 0 radical (unpaired) electrons. The quantitative estimate of drug-likeness (QED) is 0.565. The highest BCUT2D eigenvalue weighted by atomic mass is 16.2. The third-order valence-electron chi connectivity index (χ3n) is 3.96. The molecule has 8 heteroatoms. The molecule has 0 fully saturated rings. The largest absolute Gasteiger partial charge is 0.350 e. The van der Waals surface area contributed by atoms with Gasteiger partial charge in [-0.1, -0.05) is 24.3 Å². The van der Waals surface area contributed by atoms with Crippen LogP contribution >= 0.6 is 0 Å². The van der Waals surface area contributed by atoms with Crippen LogP contribution in [0.1, 0.15) is 17.0 Å². The highest BCUT2D eigenvalue weighted by Crippen LogP contribution is 2.18. The van der Waals surface area contributed by atoms with E-state index < -0.39 is 0 Å². The molecule has 4 rings (SSSR count). The van der Waals surface area contributed by atoms with Crippen LogP contribution in [0.3, 0.4) is 0 Å². The number of rotatable bonds is 3. The van der Waals surface area contributed by atoms with Crippen molar-refractivity contribution in [2.45, 2.75) is 20.4 Å². The molecule has 0 amide bonds. The van der Waals surface area contributed by atoms with Crippen molar-refractivity contribution < 1.29 is 0 Å². The zero-order valence-corrected chi connectivity index (χ0v) is 13.3. The van der Waals surface area contributed by atoms with E-state index >= 15 is 0 Å².